The maximum Gasteiger partial charge on any atom is 0.263 e. The average Bonchev–Trinajstić information content (AvgIpc) is 3.00. The molecule has 0 spiro atoms. The summed E-state index contributed by atoms with van der Waals surface area (Å²) in [6.07, 6.45) is 5.55. The molecule has 1 N–H and O–H groups in total. The summed E-state index contributed by atoms with van der Waals surface area (Å²) in [6.45, 7) is 2.78. The van der Waals surface area contributed by atoms with Crippen LogP contribution in [0.25, 0.3) is 0 Å². The number of sulfone groups is 1. The second-order valence-electron chi connectivity index (χ2n) is 9.37. The molecule has 7 nitrogen and oxygen atoms in total. The average molecular weight is 498 g/mol. The number of fused-ring (bicyclic) bond motifs is 2. The van der Waals surface area contributed by atoms with Crippen LogP contribution in [0.5, 0.6) is 5.75 Å². The Kier molecular flexibility index (Phi) is 6.26. The highest BCUT2D eigenvalue weighted by Crippen LogP contribution is 2.39. The molecule has 2 unspecified atom stereocenters. The smallest absolute Gasteiger partial charge is 0.263 e. The highest BCUT2D eigenvalue weighted by Gasteiger charge is 2.43. The molecule has 184 valence electrons. The van der Waals surface area contributed by atoms with Gasteiger partial charge in [-0.05, 0) is 51.7 Å². The molecule has 1 aromatic heterocycles. The number of halogens is 3. The largest absolute Gasteiger partial charge is 0.472 e. The predicted molar refractivity (Wildman–Crippen MR) is 119 cm³/mol. The third kappa shape index (κ3) is 4.84. The van der Waals surface area contributed by atoms with Crippen LogP contribution in [-0.4, -0.2) is 49.3 Å². The number of anilines is 1. The third-order valence-corrected chi connectivity index (χ3v) is 7.45. The van der Waals surface area contributed by atoms with Crippen molar-refractivity contribution in [3.63, 3.8) is 0 Å². The van der Waals surface area contributed by atoms with Gasteiger partial charge in [-0.25, -0.2) is 26.6 Å². The van der Waals surface area contributed by atoms with Crippen LogP contribution >= 0.6 is 0 Å². The first-order valence-electron chi connectivity index (χ1n) is 10.9. The third-order valence-electron chi connectivity index (χ3n) is 6.35. The molecule has 0 aliphatic carbocycles. The van der Waals surface area contributed by atoms with Crippen LogP contribution in [0.1, 0.15) is 39.5 Å². The van der Waals surface area contributed by atoms with Crippen molar-refractivity contribution in [2.75, 3.05) is 11.2 Å². The Morgan fingerprint density at radius 3 is 2.21 bits per heavy atom. The van der Waals surface area contributed by atoms with E-state index in [4.69, 9.17) is 4.74 Å². The van der Waals surface area contributed by atoms with E-state index in [-0.39, 0.29) is 23.0 Å². The number of nitrogens with one attached hydrogen (secondary N) is 1. The Hall–Kier alpha value is -2.82. The van der Waals surface area contributed by atoms with E-state index in [1.165, 1.54) is 20.0 Å². The maximum absolute atomic E-state index is 14.0. The lowest BCUT2D eigenvalue weighted by atomic mass is 9.96. The van der Waals surface area contributed by atoms with Gasteiger partial charge >= 0.3 is 0 Å². The number of aromatic nitrogens is 1. The van der Waals surface area contributed by atoms with E-state index < -0.39 is 44.5 Å². The first-order valence-corrected chi connectivity index (χ1v) is 12.8. The Morgan fingerprint density at radius 1 is 1.12 bits per heavy atom. The number of pyridine rings is 1. The van der Waals surface area contributed by atoms with Gasteiger partial charge in [-0.3, -0.25) is 4.79 Å². The number of carbonyl (C=O) groups excluding carboxylic acids is 1. The molecule has 2 bridgehead atoms. The van der Waals surface area contributed by atoms with Crippen molar-refractivity contribution in [1.29, 1.82) is 0 Å². The SMILES string of the molecule is CC(C)(Oc1c(F)cc(F)cc1F)C(=O)NC1CC2CCC(C1)N2c1ccc(S(C)(=O)=O)cn1. The molecule has 3 heterocycles. The Balaban J connectivity index is 1.42. The summed E-state index contributed by atoms with van der Waals surface area (Å²) < 4.78 is 69.8. The second-order valence-corrected chi connectivity index (χ2v) is 11.4. The van der Waals surface area contributed by atoms with Crippen molar-refractivity contribution in [2.24, 2.45) is 0 Å². The molecular formula is C23H26F3N3O4S. The normalized spacial score (nSPS) is 22.5. The number of hydrogen-bond acceptors (Lipinski definition) is 6. The highest BCUT2D eigenvalue weighted by molar-refractivity contribution is 7.90. The van der Waals surface area contributed by atoms with Gasteiger partial charge in [0.2, 0.25) is 0 Å². The predicted octanol–water partition coefficient (Wildman–Crippen LogP) is 3.38. The number of rotatable bonds is 6. The summed E-state index contributed by atoms with van der Waals surface area (Å²) in [5.41, 5.74) is -1.60. The molecule has 1 amide bonds. The van der Waals surface area contributed by atoms with Crippen molar-refractivity contribution in [2.45, 2.75) is 68.2 Å². The number of amides is 1. The minimum Gasteiger partial charge on any atom is -0.472 e. The van der Waals surface area contributed by atoms with E-state index >= 15 is 0 Å². The monoisotopic (exact) mass is 497 g/mol. The molecule has 1 aromatic carbocycles. The van der Waals surface area contributed by atoms with Gasteiger partial charge in [-0.2, -0.15) is 0 Å². The van der Waals surface area contributed by atoms with Gasteiger partial charge < -0.3 is 15.0 Å². The minimum absolute atomic E-state index is 0.108. The zero-order chi connectivity index (χ0) is 24.8. The quantitative estimate of drug-likeness (QED) is 0.659. The molecule has 4 rings (SSSR count). The molecule has 2 saturated heterocycles. The summed E-state index contributed by atoms with van der Waals surface area (Å²) >= 11 is 0. The lowest BCUT2D eigenvalue weighted by molar-refractivity contribution is -0.135. The summed E-state index contributed by atoms with van der Waals surface area (Å²) in [4.78, 5) is 19.6. The Labute approximate surface area is 196 Å². The molecule has 2 aliphatic heterocycles. The van der Waals surface area contributed by atoms with Crippen molar-refractivity contribution in [1.82, 2.24) is 10.3 Å². The van der Waals surface area contributed by atoms with Crippen molar-refractivity contribution in [3.05, 3.63) is 47.9 Å². The second kappa shape index (κ2) is 8.75. The van der Waals surface area contributed by atoms with E-state index in [9.17, 15) is 26.4 Å². The number of piperidine rings is 1. The number of carbonyl (C=O) groups is 1. The molecule has 0 saturated carbocycles. The van der Waals surface area contributed by atoms with E-state index in [2.05, 4.69) is 15.2 Å². The van der Waals surface area contributed by atoms with Crippen LogP contribution < -0.4 is 15.0 Å². The van der Waals surface area contributed by atoms with Crippen LogP contribution in [0.3, 0.4) is 0 Å². The fourth-order valence-corrected chi connectivity index (χ4v) is 5.26. The first-order chi connectivity index (χ1) is 15.8. The van der Waals surface area contributed by atoms with Gasteiger partial charge in [-0.1, -0.05) is 0 Å². The molecule has 0 radical (unpaired) electrons. The van der Waals surface area contributed by atoms with Crippen molar-refractivity contribution >= 4 is 21.6 Å². The van der Waals surface area contributed by atoms with Gasteiger partial charge in [0.05, 0.1) is 4.90 Å². The number of nitrogens with zero attached hydrogens (tertiary/aromatic N) is 2. The highest BCUT2D eigenvalue weighted by atomic mass is 32.2. The number of hydrogen-bond donors (Lipinski definition) is 1. The lowest BCUT2D eigenvalue weighted by Crippen LogP contribution is -2.55. The summed E-state index contributed by atoms with van der Waals surface area (Å²) in [7, 11) is -3.33. The molecule has 2 aliphatic rings. The standard InChI is InChI=1S/C23H26F3N3O4S/c1-23(2,33-21-18(25)8-13(24)9-19(21)26)22(30)28-14-10-15-4-5-16(11-14)29(15)20-7-6-17(12-27-20)34(3,31)32/h6-9,12,14-16H,4-5,10-11H2,1-3H3,(H,28,30). The first kappa shape index (κ1) is 24.3. The summed E-state index contributed by atoms with van der Waals surface area (Å²) in [5.74, 6) is -4.18. The fraction of sp³-hybridized carbons (Fsp3) is 0.478. The van der Waals surface area contributed by atoms with E-state index in [1.807, 2.05) is 0 Å². The van der Waals surface area contributed by atoms with Crippen LogP contribution in [0.15, 0.2) is 35.4 Å². The zero-order valence-corrected chi connectivity index (χ0v) is 19.8. The minimum atomic E-state index is -3.33. The van der Waals surface area contributed by atoms with Gasteiger partial charge in [0, 0.05) is 42.7 Å². The van der Waals surface area contributed by atoms with Gasteiger partial charge in [0.25, 0.3) is 5.91 Å². The molecular weight excluding hydrogens is 471 g/mol. The van der Waals surface area contributed by atoms with E-state index in [1.54, 1.807) is 12.1 Å². The van der Waals surface area contributed by atoms with Gasteiger partial charge in [0.1, 0.15) is 11.6 Å². The maximum atomic E-state index is 14.0. The number of benzene rings is 1. The molecule has 11 heteroatoms. The van der Waals surface area contributed by atoms with Crippen LogP contribution in [0.2, 0.25) is 0 Å². The molecule has 2 atom stereocenters. The molecule has 2 fully saturated rings. The zero-order valence-electron chi connectivity index (χ0n) is 19.0. The molecule has 2 aromatic rings. The topological polar surface area (TPSA) is 88.6 Å². The van der Waals surface area contributed by atoms with Crippen LogP contribution in [0, 0.1) is 17.5 Å². The van der Waals surface area contributed by atoms with Gasteiger partial charge in [-0.15, -0.1) is 0 Å². The van der Waals surface area contributed by atoms with E-state index in [0.717, 1.165) is 19.1 Å². The van der Waals surface area contributed by atoms with Gasteiger partial charge in [0.15, 0.2) is 32.8 Å². The fourth-order valence-electron chi connectivity index (χ4n) is 4.70. The Morgan fingerprint density at radius 2 is 1.71 bits per heavy atom. The van der Waals surface area contributed by atoms with Crippen molar-refractivity contribution < 1.29 is 31.1 Å². The van der Waals surface area contributed by atoms with Crippen LogP contribution in [-0.2, 0) is 14.6 Å². The summed E-state index contributed by atoms with van der Waals surface area (Å²) in [5, 5.41) is 2.92. The van der Waals surface area contributed by atoms with Crippen LogP contribution in [0.4, 0.5) is 19.0 Å². The number of ether oxygens (including phenoxy) is 1. The lowest BCUT2D eigenvalue weighted by Gasteiger charge is -2.40. The molecule has 34 heavy (non-hydrogen) atoms. The summed E-state index contributed by atoms with van der Waals surface area (Å²) in [6, 6.07) is 4.27. The van der Waals surface area contributed by atoms with E-state index in [0.29, 0.717) is 30.8 Å². The van der Waals surface area contributed by atoms with Crippen molar-refractivity contribution in [3.8, 4) is 5.75 Å². The Bertz CT molecular complexity index is 1170.